The summed E-state index contributed by atoms with van der Waals surface area (Å²) in [5, 5.41) is 16.0. The summed E-state index contributed by atoms with van der Waals surface area (Å²) in [4.78, 5) is 12.2. The Labute approximate surface area is 189 Å². The van der Waals surface area contributed by atoms with E-state index in [4.69, 9.17) is 5.84 Å². The van der Waals surface area contributed by atoms with Crippen LogP contribution in [0.25, 0.3) is 10.8 Å². The van der Waals surface area contributed by atoms with Crippen molar-refractivity contribution >= 4 is 43.7 Å². The van der Waals surface area contributed by atoms with Gasteiger partial charge in [0.15, 0.2) is 5.78 Å². The van der Waals surface area contributed by atoms with Crippen molar-refractivity contribution in [3.8, 4) is 0 Å². The minimum atomic E-state index is -4.55. The number of nitrogens with zero attached hydrogens (tertiary/aromatic N) is 4. The fraction of sp³-hybridized carbons (Fsp3) is 0. The third kappa shape index (κ3) is 4.66. The van der Waals surface area contributed by atoms with E-state index in [2.05, 4.69) is 20.6 Å². The summed E-state index contributed by atoms with van der Waals surface area (Å²) in [6, 6.07) is 22.9. The lowest BCUT2D eigenvalue weighted by Gasteiger charge is -2.08. The summed E-state index contributed by atoms with van der Waals surface area (Å²) in [6.45, 7) is 0. The highest BCUT2D eigenvalue weighted by molar-refractivity contribution is 7.86. The third-order valence-electron chi connectivity index (χ3n) is 4.83. The first-order valence-electron chi connectivity index (χ1n) is 9.64. The lowest BCUT2D eigenvalue weighted by molar-refractivity contribution is 0.103. The highest BCUT2D eigenvalue weighted by atomic mass is 32.2. The van der Waals surface area contributed by atoms with Gasteiger partial charge in [-0.25, -0.2) is 0 Å². The summed E-state index contributed by atoms with van der Waals surface area (Å²) >= 11 is 0. The number of rotatable bonds is 6. The van der Waals surface area contributed by atoms with Gasteiger partial charge in [0.25, 0.3) is 10.1 Å². The average molecular weight is 459 g/mol. The van der Waals surface area contributed by atoms with Crippen LogP contribution in [0.1, 0.15) is 15.9 Å². The number of hydrogen-bond donors (Lipinski definition) is 2. The average Bonchev–Trinajstić information content (AvgIpc) is 2.83. The summed E-state index contributed by atoms with van der Waals surface area (Å²) in [7, 11) is -4.55. The number of carbonyl (C=O) groups excluding carboxylic acids is 1. The predicted molar refractivity (Wildman–Crippen MR) is 123 cm³/mol. The molecule has 0 radical (unpaired) electrons. The van der Waals surface area contributed by atoms with Crippen molar-refractivity contribution < 1.29 is 17.8 Å². The smallest absolute Gasteiger partial charge is 0.295 e. The Morgan fingerprint density at radius 2 is 1.36 bits per heavy atom. The summed E-state index contributed by atoms with van der Waals surface area (Å²) in [6.07, 6.45) is 0. The van der Waals surface area contributed by atoms with Crippen molar-refractivity contribution in [1.82, 2.24) is 0 Å². The maximum absolute atomic E-state index is 12.5. The Bertz CT molecular complexity index is 1500. The largest absolute Gasteiger partial charge is 0.305 e. The molecule has 0 heterocycles. The molecule has 0 saturated carbocycles. The van der Waals surface area contributed by atoms with Crippen LogP contribution in [-0.4, -0.2) is 18.8 Å². The van der Waals surface area contributed by atoms with Crippen LogP contribution in [0.4, 0.5) is 17.1 Å². The third-order valence-corrected chi connectivity index (χ3v) is 5.73. The van der Waals surface area contributed by atoms with Gasteiger partial charge in [0.05, 0.1) is 5.69 Å². The Morgan fingerprint density at radius 3 is 2.00 bits per heavy atom. The van der Waals surface area contributed by atoms with Crippen LogP contribution >= 0.6 is 0 Å². The Balaban J connectivity index is 1.73. The van der Waals surface area contributed by atoms with Crippen LogP contribution in [0.2, 0.25) is 0 Å². The Hall–Kier alpha value is -4.28. The quantitative estimate of drug-likeness (QED) is 0.125. The van der Waals surface area contributed by atoms with Crippen molar-refractivity contribution in [2.24, 2.45) is 26.4 Å². The van der Waals surface area contributed by atoms with E-state index >= 15 is 0 Å². The zero-order valence-corrected chi connectivity index (χ0v) is 17.8. The van der Waals surface area contributed by atoms with Crippen molar-refractivity contribution in [1.29, 1.82) is 0 Å². The molecule has 0 unspecified atom stereocenters. The van der Waals surface area contributed by atoms with E-state index in [1.807, 2.05) is 6.07 Å². The van der Waals surface area contributed by atoms with Crippen LogP contribution in [0.15, 0.2) is 110 Å². The lowest BCUT2D eigenvalue weighted by Crippen LogP contribution is -2.00. The molecule has 0 aromatic heterocycles. The topological polar surface area (TPSA) is 147 Å². The molecule has 4 rings (SSSR count). The first kappa shape index (κ1) is 21.9. The number of benzene rings is 4. The molecule has 0 aliphatic rings. The summed E-state index contributed by atoms with van der Waals surface area (Å²) < 4.78 is 33.6. The highest BCUT2D eigenvalue weighted by Gasteiger charge is 2.20. The molecule has 0 fully saturated rings. The number of ketones is 1. The zero-order chi connectivity index (χ0) is 23.4. The maximum Gasteiger partial charge on any atom is 0.295 e. The second kappa shape index (κ2) is 9.07. The van der Waals surface area contributed by atoms with Gasteiger partial charge in [0, 0.05) is 21.9 Å². The zero-order valence-electron chi connectivity index (χ0n) is 17.0. The maximum atomic E-state index is 12.5. The minimum Gasteiger partial charge on any atom is -0.305 e. The van der Waals surface area contributed by atoms with Crippen LogP contribution in [0.3, 0.4) is 0 Å². The molecule has 4 aromatic carbocycles. The fourth-order valence-electron chi connectivity index (χ4n) is 3.31. The number of nitrogens with two attached hydrogens (primary N) is 1. The lowest BCUT2D eigenvalue weighted by atomic mass is 10.0. The first-order chi connectivity index (χ1) is 15.9. The fourth-order valence-corrected chi connectivity index (χ4v) is 4.03. The number of hydrogen-bond acceptors (Lipinski definition) is 7. The van der Waals surface area contributed by atoms with Crippen LogP contribution in [0, 0.1) is 0 Å². The van der Waals surface area contributed by atoms with Gasteiger partial charge >= 0.3 is 0 Å². The molecule has 4 aromatic rings. The molecular weight excluding hydrogens is 442 g/mol. The number of carbonyl (C=O) groups is 1. The van der Waals surface area contributed by atoms with Gasteiger partial charge < -0.3 is 5.84 Å². The molecule has 33 heavy (non-hydrogen) atoms. The molecule has 3 N–H and O–H groups in total. The number of azo groups is 1. The van der Waals surface area contributed by atoms with Crippen molar-refractivity contribution in [3.63, 3.8) is 0 Å². The molecule has 0 spiro atoms. The molecule has 0 atom stereocenters. The normalized spacial score (nSPS) is 12.0. The first-order valence-corrected chi connectivity index (χ1v) is 11.1. The van der Waals surface area contributed by atoms with E-state index < -0.39 is 10.1 Å². The molecule has 0 bridgehead atoms. The highest BCUT2D eigenvalue weighted by Crippen LogP contribution is 2.40. The van der Waals surface area contributed by atoms with Crippen LogP contribution in [0.5, 0.6) is 0 Å². The summed E-state index contributed by atoms with van der Waals surface area (Å²) in [5.74, 6) is 5.10. The standard InChI is InChI=1S/C23H17N5O4S/c24-28-27-22-19-9-5-4-8-18(19)21(33(30,31)32)14-20(22)26-25-17-12-10-16(11-13-17)23(29)15-6-2-1-3-7-15/h1-14H,(H2,24,27)(H,30,31,32)/b26-25+. The van der Waals surface area contributed by atoms with Gasteiger partial charge in [-0.3, -0.25) is 9.35 Å². The Morgan fingerprint density at radius 1 is 0.758 bits per heavy atom. The van der Waals surface area contributed by atoms with Gasteiger partial charge in [-0.1, -0.05) is 59.8 Å². The SMILES string of the molecule is NN=Nc1c(/N=N/c2ccc(C(=O)c3ccccc3)cc2)cc(S(=O)(=O)O)c2ccccc12. The van der Waals surface area contributed by atoms with E-state index in [0.29, 0.717) is 22.2 Å². The molecule has 0 saturated heterocycles. The van der Waals surface area contributed by atoms with E-state index in [1.54, 1.807) is 66.7 Å². The number of fused-ring (bicyclic) bond motifs is 1. The van der Waals surface area contributed by atoms with Gasteiger partial charge in [-0.2, -0.15) is 13.5 Å². The molecule has 0 aliphatic heterocycles. The second-order valence-corrected chi connectivity index (χ2v) is 8.31. The molecule has 0 amide bonds. The van der Waals surface area contributed by atoms with E-state index in [9.17, 15) is 17.8 Å². The van der Waals surface area contributed by atoms with Gasteiger partial charge in [-0.15, -0.1) is 10.2 Å². The monoisotopic (exact) mass is 459 g/mol. The Kier molecular flexibility index (Phi) is 6.03. The molecule has 0 aliphatic carbocycles. The molecule has 9 nitrogen and oxygen atoms in total. The second-order valence-electron chi connectivity index (χ2n) is 6.92. The molecule has 164 valence electrons. The van der Waals surface area contributed by atoms with E-state index in [-0.39, 0.29) is 27.4 Å². The van der Waals surface area contributed by atoms with Gasteiger partial charge in [-0.05, 0) is 30.3 Å². The van der Waals surface area contributed by atoms with Crippen molar-refractivity contribution in [2.45, 2.75) is 4.90 Å². The van der Waals surface area contributed by atoms with Gasteiger partial charge in [0.2, 0.25) is 0 Å². The van der Waals surface area contributed by atoms with E-state index in [1.165, 1.54) is 6.07 Å². The van der Waals surface area contributed by atoms with Crippen LogP contribution in [-0.2, 0) is 10.1 Å². The van der Waals surface area contributed by atoms with Crippen molar-refractivity contribution in [2.75, 3.05) is 0 Å². The van der Waals surface area contributed by atoms with Crippen LogP contribution < -0.4 is 5.84 Å². The molecule has 10 heteroatoms. The van der Waals surface area contributed by atoms with Gasteiger partial charge in [0.1, 0.15) is 16.3 Å². The predicted octanol–water partition coefficient (Wildman–Crippen LogP) is 5.69. The summed E-state index contributed by atoms with van der Waals surface area (Å²) in [5.41, 5.74) is 1.70. The molecular formula is C23H17N5O4S. The van der Waals surface area contributed by atoms with Crippen molar-refractivity contribution in [3.05, 3.63) is 96.1 Å². The van der Waals surface area contributed by atoms with E-state index in [0.717, 1.165) is 6.07 Å². The minimum absolute atomic E-state index is 0.0416.